The molecule has 1 aliphatic carbocycles. The summed E-state index contributed by atoms with van der Waals surface area (Å²) in [6.45, 7) is 0. The van der Waals surface area contributed by atoms with Gasteiger partial charge in [0.05, 0.1) is 20.6 Å². The quantitative estimate of drug-likeness (QED) is 0.773. The Morgan fingerprint density at radius 2 is 1.87 bits per heavy atom. The lowest BCUT2D eigenvalue weighted by atomic mass is 10.1. The van der Waals surface area contributed by atoms with Crippen molar-refractivity contribution in [3.63, 3.8) is 0 Å². The van der Waals surface area contributed by atoms with Crippen LogP contribution in [0, 0.1) is 0 Å². The zero-order chi connectivity index (χ0) is 11.0. The minimum Gasteiger partial charge on any atom is -0.493 e. The molecule has 0 unspecified atom stereocenters. The predicted octanol–water partition coefficient (Wildman–Crippen LogP) is 0.573. The first-order valence-corrected chi connectivity index (χ1v) is 4.79. The molecule has 80 valence electrons. The molecular formula is C11H14NO3+. The zero-order valence-electron chi connectivity index (χ0n) is 8.87. The van der Waals surface area contributed by atoms with Crippen LogP contribution >= 0.6 is 0 Å². The van der Waals surface area contributed by atoms with Gasteiger partial charge in [0.2, 0.25) is 0 Å². The Kier molecular flexibility index (Phi) is 2.36. The van der Waals surface area contributed by atoms with Crippen molar-refractivity contribution in [2.75, 3.05) is 14.2 Å². The van der Waals surface area contributed by atoms with Crippen LogP contribution in [0.15, 0.2) is 12.1 Å². The minimum atomic E-state index is 0.0345. The van der Waals surface area contributed by atoms with E-state index < -0.39 is 0 Å². The summed E-state index contributed by atoms with van der Waals surface area (Å²) in [6.07, 6.45) is 0.478. The highest BCUT2D eigenvalue weighted by Crippen LogP contribution is 2.37. The molecule has 4 nitrogen and oxygen atoms in total. The molecule has 1 aromatic rings. The molecule has 0 radical (unpaired) electrons. The molecule has 0 saturated carbocycles. The number of ketones is 1. The van der Waals surface area contributed by atoms with Crippen molar-refractivity contribution in [2.45, 2.75) is 12.5 Å². The number of carbonyl (C=O) groups excluding carboxylic acids is 1. The molecule has 0 spiro atoms. The van der Waals surface area contributed by atoms with E-state index in [1.165, 1.54) is 0 Å². The van der Waals surface area contributed by atoms with Crippen LogP contribution in [-0.2, 0) is 0 Å². The Bertz CT molecular complexity index is 415. The second-order valence-corrected chi connectivity index (χ2v) is 3.62. The van der Waals surface area contributed by atoms with Crippen LogP contribution in [0.5, 0.6) is 11.5 Å². The van der Waals surface area contributed by atoms with Crippen LogP contribution in [0.3, 0.4) is 0 Å². The number of rotatable bonds is 2. The smallest absolute Gasteiger partial charge is 0.169 e. The molecule has 0 fully saturated rings. The second-order valence-electron chi connectivity index (χ2n) is 3.62. The maximum Gasteiger partial charge on any atom is 0.169 e. The van der Waals surface area contributed by atoms with Crippen molar-refractivity contribution in [3.8, 4) is 11.5 Å². The predicted molar refractivity (Wildman–Crippen MR) is 54.1 cm³/mol. The highest BCUT2D eigenvalue weighted by Gasteiger charge is 2.31. The molecule has 0 saturated heterocycles. The maximum absolute atomic E-state index is 11.6. The lowest BCUT2D eigenvalue weighted by Crippen LogP contribution is -2.52. The van der Waals surface area contributed by atoms with E-state index in [1.807, 2.05) is 6.07 Å². The largest absolute Gasteiger partial charge is 0.493 e. The average molecular weight is 208 g/mol. The Morgan fingerprint density at radius 3 is 2.47 bits per heavy atom. The van der Waals surface area contributed by atoms with Crippen molar-refractivity contribution in [3.05, 3.63) is 23.3 Å². The van der Waals surface area contributed by atoms with Gasteiger partial charge in [0, 0.05) is 11.1 Å². The Morgan fingerprint density at radius 1 is 1.27 bits per heavy atom. The van der Waals surface area contributed by atoms with Crippen LogP contribution in [0.2, 0.25) is 0 Å². The van der Waals surface area contributed by atoms with Crippen molar-refractivity contribution >= 4 is 5.78 Å². The van der Waals surface area contributed by atoms with E-state index in [4.69, 9.17) is 9.47 Å². The van der Waals surface area contributed by atoms with Crippen LogP contribution in [0.25, 0.3) is 0 Å². The average Bonchev–Trinajstić information content (AvgIpc) is 2.52. The van der Waals surface area contributed by atoms with Gasteiger partial charge in [-0.15, -0.1) is 0 Å². The van der Waals surface area contributed by atoms with E-state index in [0.717, 1.165) is 5.56 Å². The van der Waals surface area contributed by atoms with E-state index in [2.05, 4.69) is 5.73 Å². The van der Waals surface area contributed by atoms with Crippen LogP contribution < -0.4 is 15.2 Å². The van der Waals surface area contributed by atoms with Gasteiger partial charge >= 0.3 is 0 Å². The molecule has 1 aromatic carbocycles. The summed E-state index contributed by atoms with van der Waals surface area (Å²) in [4.78, 5) is 11.6. The van der Waals surface area contributed by atoms with Gasteiger partial charge in [-0.05, 0) is 12.1 Å². The van der Waals surface area contributed by atoms with Gasteiger partial charge in [0.1, 0.15) is 6.04 Å². The highest BCUT2D eigenvalue weighted by atomic mass is 16.5. The molecule has 0 aromatic heterocycles. The zero-order valence-corrected chi connectivity index (χ0v) is 8.87. The molecule has 2 rings (SSSR count). The second kappa shape index (κ2) is 3.55. The standard InChI is InChI=1S/C11H13NO3/c1-14-10-3-6-7(4-11(10)15-2)9(13)5-8(6)12/h3-4,8H,5,12H2,1-2H3/p+1/t8-/m0/s1. The number of methoxy groups -OCH3 is 2. The first-order chi connectivity index (χ1) is 7.17. The third kappa shape index (κ3) is 1.47. The number of Topliss-reactive ketones (excluding diaryl/α,β-unsaturated/α-hetero) is 1. The monoisotopic (exact) mass is 208 g/mol. The number of fused-ring (bicyclic) bond motifs is 1. The molecule has 1 atom stereocenters. The Labute approximate surface area is 88.0 Å². The Hall–Kier alpha value is -1.55. The number of hydrogen-bond acceptors (Lipinski definition) is 3. The number of carbonyl (C=O) groups is 1. The molecule has 0 bridgehead atoms. The molecule has 15 heavy (non-hydrogen) atoms. The number of quaternary nitrogens is 1. The Balaban J connectivity index is 2.58. The lowest BCUT2D eigenvalue weighted by molar-refractivity contribution is -0.423. The SMILES string of the molecule is COc1cc2c(cc1OC)[C@@H]([NH3+])CC2=O. The van der Waals surface area contributed by atoms with E-state index >= 15 is 0 Å². The number of hydrogen-bond donors (Lipinski definition) is 1. The van der Waals surface area contributed by atoms with Gasteiger partial charge < -0.3 is 15.2 Å². The first-order valence-electron chi connectivity index (χ1n) is 4.79. The molecule has 0 amide bonds. The van der Waals surface area contributed by atoms with Gasteiger partial charge in [-0.2, -0.15) is 0 Å². The topological polar surface area (TPSA) is 63.2 Å². The van der Waals surface area contributed by atoms with Crippen LogP contribution in [-0.4, -0.2) is 20.0 Å². The lowest BCUT2D eigenvalue weighted by Gasteiger charge is -2.09. The van der Waals surface area contributed by atoms with Gasteiger partial charge in [0.15, 0.2) is 17.3 Å². The van der Waals surface area contributed by atoms with Crippen molar-refractivity contribution in [2.24, 2.45) is 0 Å². The van der Waals surface area contributed by atoms with E-state index in [-0.39, 0.29) is 11.8 Å². The van der Waals surface area contributed by atoms with Gasteiger partial charge in [-0.1, -0.05) is 0 Å². The normalized spacial score (nSPS) is 18.9. The third-order valence-corrected chi connectivity index (χ3v) is 2.73. The summed E-state index contributed by atoms with van der Waals surface area (Å²) < 4.78 is 10.3. The van der Waals surface area contributed by atoms with Gasteiger partial charge in [-0.25, -0.2) is 0 Å². The van der Waals surface area contributed by atoms with Crippen molar-refractivity contribution < 1.29 is 20.0 Å². The number of benzene rings is 1. The van der Waals surface area contributed by atoms with Crippen molar-refractivity contribution in [1.29, 1.82) is 0 Å². The highest BCUT2D eigenvalue weighted by molar-refractivity contribution is 6.01. The number of ether oxygens (including phenoxy) is 2. The fourth-order valence-corrected chi connectivity index (χ4v) is 1.92. The van der Waals surface area contributed by atoms with Crippen LogP contribution in [0.4, 0.5) is 0 Å². The third-order valence-electron chi connectivity index (χ3n) is 2.73. The summed E-state index contributed by atoms with van der Waals surface area (Å²) in [5.74, 6) is 1.38. The molecule has 0 heterocycles. The minimum absolute atomic E-state index is 0.0345. The summed E-state index contributed by atoms with van der Waals surface area (Å²) in [6, 6.07) is 3.62. The maximum atomic E-state index is 11.6. The molecule has 3 N–H and O–H groups in total. The molecular weight excluding hydrogens is 194 g/mol. The molecule has 1 aliphatic rings. The first kappa shape index (κ1) is 9.98. The van der Waals surface area contributed by atoms with E-state index in [1.54, 1.807) is 20.3 Å². The van der Waals surface area contributed by atoms with E-state index in [0.29, 0.717) is 23.5 Å². The van der Waals surface area contributed by atoms with Gasteiger partial charge in [0.25, 0.3) is 0 Å². The molecule has 0 aliphatic heterocycles. The van der Waals surface area contributed by atoms with Crippen molar-refractivity contribution in [1.82, 2.24) is 0 Å². The van der Waals surface area contributed by atoms with Gasteiger partial charge in [-0.3, -0.25) is 4.79 Å². The van der Waals surface area contributed by atoms with Crippen LogP contribution in [0.1, 0.15) is 28.4 Å². The molecule has 4 heteroatoms. The van der Waals surface area contributed by atoms with E-state index in [9.17, 15) is 4.79 Å². The fraction of sp³-hybridized carbons (Fsp3) is 0.364. The fourth-order valence-electron chi connectivity index (χ4n) is 1.92. The summed E-state index contributed by atoms with van der Waals surface area (Å²) in [5.41, 5.74) is 5.61. The summed E-state index contributed by atoms with van der Waals surface area (Å²) >= 11 is 0. The summed E-state index contributed by atoms with van der Waals surface area (Å²) in [7, 11) is 3.14. The summed E-state index contributed by atoms with van der Waals surface area (Å²) in [5, 5.41) is 0.